The van der Waals surface area contributed by atoms with Crippen molar-refractivity contribution >= 4 is 93.8 Å². The van der Waals surface area contributed by atoms with Crippen LogP contribution in [0.3, 0.4) is 0 Å². The van der Waals surface area contributed by atoms with Gasteiger partial charge in [0.1, 0.15) is 77.2 Å². The molecule has 490 valence electrons. The molecule has 21 aromatic rings. The molecule has 0 saturated heterocycles. The molecule has 0 amide bonds. The summed E-state index contributed by atoms with van der Waals surface area (Å²) in [5.74, 6) is 3.91. The minimum absolute atomic E-state index is 0.619. The number of oxazole rings is 1. The molecule has 20 heterocycles. The second kappa shape index (κ2) is 22.0. The highest BCUT2D eigenvalue weighted by Crippen LogP contribution is 2.40. The molecule has 15 aromatic heterocycles. The van der Waals surface area contributed by atoms with Crippen molar-refractivity contribution in [3.05, 3.63) is 303 Å². The van der Waals surface area contributed by atoms with E-state index < -0.39 is 6.98 Å². The van der Waals surface area contributed by atoms with E-state index in [0.29, 0.717) is 17.8 Å². The molecule has 5 aliphatic heterocycles. The van der Waals surface area contributed by atoms with E-state index in [4.69, 9.17) is 8.53 Å². The minimum atomic E-state index is -2.26. The fraction of sp³-hybridized carbons (Fsp3) is 0.0843. The van der Waals surface area contributed by atoms with Gasteiger partial charge in [0.15, 0.2) is 39.0 Å². The van der Waals surface area contributed by atoms with Crippen LogP contribution in [0.4, 0.5) is 0 Å². The Bertz CT molecular complexity index is 7220. The Labute approximate surface area is 594 Å². The molecule has 0 N–H and O–H groups in total. The summed E-state index contributed by atoms with van der Waals surface area (Å²) in [5.41, 5.74) is 29.8. The number of rotatable bonds is 1. The maximum absolute atomic E-state index is 7.96. The van der Waals surface area contributed by atoms with E-state index in [-0.39, 0.29) is 0 Å². The van der Waals surface area contributed by atoms with Crippen molar-refractivity contribution in [2.75, 3.05) is 0 Å². The lowest BCUT2D eigenvalue weighted by atomic mass is 10.1. The molecule has 0 radical (unpaired) electrons. The Morgan fingerprint density at radius 2 is 0.845 bits per heavy atom. The minimum Gasteiger partial charge on any atom is -0.385 e. The van der Waals surface area contributed by atoms with Crippen LogP contribution in [-0.4, -0.2) is 61.3 Å². The SMILES string of the molecule is Cn1c2cnccc2[n+]2cc3n(c12)Cc1ccccc1-3.[2H]C([2H])([2H])n1c2cnccc2[n+]2cc3n(c12)Cc1ccccc1-3.c1ccc(-n2c3cnccc3[n+]3cc4n(c23)Cc2ccccc2-4)cc1.c1ccc2c(c1)C[n+]1cn3c(sc4ccncc43)c1-2.c1ccc2c(c1)Cn1c-2c[n+]2c3ccncc3oc12. The van der Waals surface area contributed by atoms with Gasteiger partial charge in [-0.1, -0.05) is 151 Å². The first-order valence-corrected chi connectivity index (χ1v) is 35.1. The summed E-state index contributed by atoms with van der Waals surface area (Å²) in [4.78, 5) is 22.4. The van der Waals surface area contributed by atoms with E-state index in [1.165, 1.54) is 115 Å². The summed E-state index contributed by atoms with van der Waals surface area (Å²) in [6, 6.07) is 63.2. The van der Waals surface area contributed by atoms with Crippen molar-refractivity contribution in [3.8, 4) is 62.0 Å². The smallest absolute Gasteiger partial charge is 0.385 e. The standard InChI is InChI=1S/C21H15N4.2C16H13N4.C15H10N3O.C15H10N3S/c1-2-7-16(8-3-1)25-19-12-22-11-10-18(19)24-14-20-17-9-5-4-6-15(17)13-23(20)21(24)25;2*1-18-14-8-17-7-6-13(14)20-10-15-12-5-3-2-4-11(12)9-19(15)16(18)20;1-2-4-11-10(3-1)8-17-13(11)9-18-12-5-6-16-7-14(12)19-15(17)18;1-2-4-11-10(3-1)8-17-9-18-12-7-16-6-5-13(12)19-15(18)14(11)17/h1-12,14H,13H2;2*2-8,10H,9H2,1H3;2*1-7,9H,8H2/q5*+1/i;1D3;;;. The molecule has 5 aliphatic rings. The van der Waals surface area contributed by atoms with E-state index in [9.17, 15) is 0 Å². The summed E-state index contributed by atoms with van der Waals surface area (Å²) in [6.45, 7) is 2.11. The largest absolute Gasteiger partial charge is 0.468 e. The number of imidazole rings is 8. The molecule has 19 nitrogen and oxygen atoms in total. The van der Waals surface area contributed by atoms with E-state index in [0.717, 1.165) is 76.6 Å². The summed E-state index contributed by atoms with van der Waals surface area (Å²) in [6.07, 6.45) is 29.1. The highest BCUT2D eigenvalue weighted by Gasteiger charge is 2.37. The lowest BCUT2D eigenvalue weighted by Gasteiger charge is -2.00. The van der Waals surface area contributed by atoms with Crippen molar-refractivity contribution in [1.29, 1.82) is 0 Å². The zero-order valence-electron chi connectivity index (χ0n) is 58.4. The van der Waals surface area contributed by atoms with E-state index >= 15 is 0 Å². The number of para-hydroxylation sites is 1. The van der Waals surface area contributed by atoms with Crippen LogP contribution in [0.2, 0.25) is 0 Å². The van der Waals surface area contributed by atoms with Gasteiger partial charge in [0, 0.05) is 76.0 Å². The number of hydrogen-bond acceptors (Lipinski definition) is 7. The van der Waals surface area contributed by atoms with E-state index in [1.54, 1.807) is 24.8 Å². The van der Waals surface area contributed by atoms with Gasteiger partial charge in [-0.05, 0) is 53.1 Å². The number of aromatic nitrogens is 18. The van der Waals surface area contributed by atoms with Crippen molar-refractivity contribution in [2.24, 2.45) is 14.0 Å². The maximum atomic E-state index is 7.96. The Hall–Kier alpha value is -13.5. The van der Waals surface area contributed by atoms with Gasteiger partial charge in [0.2, 0.25) is 10.4 Å². The van der Waals surface area contributed by atoms with Gasteiger partial charge in [0.05, 0.1) is 73.5 Å². The van der Waals surface area contributed by atoms with Gasteiger partial charge in [-0.25, -0.2) is 27.4 Å². The third-order valence-corrected chi connectivity index (χ3v) is 22.3. The third kappa shape index (κ3) is 8.43. The quantitative estimate of drug-likeness (QED) is 0.150. The zero-order valence-corrected chi connectivity index (χ0v) is 56.2. The molecule has 0 unspecified atom stereocenters. The lowest BCUT2D eigenvalue weighted by Crippen LogP contribution is -2.29. The van der Waals surface area contributed by atoms with Gasteiger partial charge >= 0.3 is 23.2 Å². The van der Waals surface area contributed by atoms with Crippen molar-refractivity contribution < 1.29 is 30.7 Å². The van der Waals surface area contributed by atoms with Crippen LogP contribution in [0.25, 0.3) is 144 Å². The van der Waals surface area contributed by atoms with Gasteiger partial charge in [-0.3, -0.25) is 24.9 Å². The first kappa shape index (κ1) is 54.5. The molecule has 0 saturated carbocycles. The number of aryl methyl sites for hydroxylation is 2. The fourth-order valence-electron chi connectivity index (χ4n) is 16.6. The van der Waals surface area contributed by atoms with Crippen LogP contribution in [0.5, 0.6) is 0 Å². The Morgan fingerprint density at radius 3 is 1.44 bits per heavy atom. The molecule has 103 heavy (non-hydrogen) atoms. The fourth-order valence-corrected chi connectivity index (χ4v) is 17.7. The molecule has 20 heteroatoms. The topological polar surface area (TPSA) is 137 Å². The summed E-state index contributed by atoms with van der Waals surface area (Å²) < 4.78 is 59.3. The molecule has 26 rings (SSSR count). The van der Waals surface area contributed by atoms with Gasteiger partial charge < -0.3 is 4.42 Å². The van der Waals surface area contributed by atoms with Crippen LogP contribution >= 0.6 is 11.3 Å². The molecular weight excluding hydrogens is 1300 g/mol. The second-order valence-electron chi connectivity index (χ2n) is 26.7. The number of hydrogen-bond donors (Lipinski definition) is 0. The summed E-state index contributed by atoms with van der Waals surface area (Å²) >= 11 is 1.84. The van der Waals surface area contributed by atoms with Crippen LogP contribution in [-0.2, 0) is 46.7 Å². The normalized spacial score (nSPS) is 13.5. The second-order valence-corrected chi connectivity index (χ2v) is 27.7. The number of fused-ring (bicyclic) bond motifs is 35. The van der Waals surface area contributed by atoms with Crippen molar-refractivity contribution in [1.82, 2.24) is 61.3 Å². The number of nitrogens with zero attached hydrogens (tertiary/aromatic N) is 18. The average molecular weight is 1360 g/mol. The monoisotopic (exact) mass is 1360 g/mol. The first-order valence-electron chi connectivity index (χ1n) is 35.8. The van der Waals surface area contributed by atoms with E-state index in [1.807, 2.05) is 83.4 Å². The molecule has 6 aromatic carbocycles. The van der Waals surface area contributed by atoms with Crippen LogP contribution in [0, 0.1) is 0 Å². The number of benzene rings is 6. The van der Waals surface area contributed by atoms with Crippen LogP contribution < -0.4 is 22.2 Å². The van der Waals surface area contributed by atoms with Gasteiger partial charge in [-0.2, -0.15) is 31.1 Å². The first-order chi connectivity index (χ1) is 52.1. The molecule has 0 bridgehead atoms. The Kier molecular flexibility index (Phi) is 11.6. The molecule has 0 aliphatic carbocycles. The highest BCUT2D eigenvalue weighted by molar-refractivity contribution is 7.24. The maximum Gasteiger partial charge on any atom is 0.468 e. The summed E-state index contributed by atoms with van der Waals surface area (Å²) in [5, 5.41) is 0. The molecule has 0 atom stereocenters. The predicted molar refractivity (Wildman–Crippen MR) is 395 cm³/mol. The Balaban J connectivity index is 0.0000000830. The van der Waals surface area contributed by atoms with Crippen molar-refractivity contribution in [3.63, 3.8) is 0 Å². The van der Waals surface area contributed by atoms with Gasteiger partial charge in [0.25, 0.3) is 6.33 Å². The van der Waals surface area contributed by atoms with Crippen LogP contribution in [0.1, 0.15) is 31.9 Å². The summed E-state index contributed by atoms with van der Waals surface area (Å²) in [7, 11) is 2.11. The average Bonchev–Trinajstić information content (AvgIpc) is 1.51. The highest BCUT2D eigenvalue weighted by atomic mass is 32.1. The Morgan fingerprint density at radius 1 is 0.408 bits per heavy atom. The molecule has 0 spiro atoms. The number of thiazole rings is 1. The lowest BCUT2D eigenvalue weighted by molar-refractivity contribution is -0.671. The van der Waals surface area contributed by atoms with Gasteiger partial charge in [-0.15, -0.1) is 0 Å². The zero-order chi connectivity index (χ0) is 70.2. The van der Waals surface area contributed by atoms with Crippen molar-refractivity contribution in [2.45, 2.75) is 32.7 Å². The van der Waals surface area contributed by atoms with Crippen LogP contribution in [0.15, 0.2) is 279 Å². The van der Waals surface area contributed by atoms with E-state index in [2.05, 4.69) is 264 Å². The predicted octanol–water partition coefficient (Wildman–Crippen LogP) is 13.1. The molecular formula is C83H61N18OS+5. The third-order valence-electron chi connectivity index (χ3n) is 21.2. The molecule has 0 fully saturated rings. The number of pyridine rings is 5.